The monoisotopic (exact) mass is 100 g/mol. The third kappa shape index (κ3) is 2.82. The van der Waals surface area contributed by atoms with Gasteiger partial charge in [-0.05, 0) is 6.20 Å². The molecular weight excluding hydrogens is 92.1 g/mol. The van der Waals surface area contributed by atoms with E-state index in [1.165, 1.54) is 12.3 Å². The van der Waals surface area contributed by atoms with E-state index in [0.29, 0.717) is 0 Å². The lowest BCUT2D eigenvalue weighted by atomic mass is 10.6. The quantitative estimate of drug-likeness (QED) is 0.424. The van der Waals surface area contributed by atoms with E-state index in [4.69, 9.17) is 5.73 Å². The lowest BCUT2D eigenvalue weighted by Crippen LogP contribution is -2.14. The molecule has 0 saturated heterocycles. The zero-order valence-electron chi connectivity index (χ0n) is 4.14. The van der Waals surface area contributed by atoms with E-state index >= 15 is 0 Å². The molecule has 3 heteroatoms. The second kappa shape index (κ2) is 3.21. The van der Waals surface area contributed by atoms with Crippen LogP contribution < -0.4 is 11.1 Å². The molecule has 3 N–H and O–H groups in total. The zero-order valence-corrected chi connectivity index (χ0v) is 4.14. The largest absolute Gasteiger partial charge is 0.404 e. The summed E-state index contributed by atoms with van der Waals surface area (Å²) in [6, 6.07) is 0. The normalized spacial score (nSPS) is 9.29. The van der Waals surface area contributed by atoms with Crippen molar-refractivity contribution in [1.29, 1.82) is 0 Å². The number of hydrogen-bond donors (Lipinski definition) is 2. The van der Waals surface area contributed by atoms with E-state index in [9.17, 15) is 4.79 Å². The van der Waals surface area contributed by atoms with Crippen LogP contribution in [-0.4, -0.2) is 13.0 Å². The Hall–Kier alpha value is -0.990. The fraction of sp³-hybridized carbons (Fsp3) is 0.250. The third-order valence-corrected chi connectivity index (χ3v) is 0.494. The molecule has 0 aromatic rings. The molecule has 0 fully saturated rings. The van der Waals surface area contributed by atoms with Gasteiger partial charge in [0.2, 0.25) is 5.91 Å². The van der Waals surface area contributed by atoms with Crippen LogP contribution in [0.5, 0.6) is 0 Å². The molecule has 0 radical (unpaired) electrons. The van der Waals surface area contributed by atoms with Crippen LogP contribution in [-0.2, 0) is 4.79 Å². The lowest BCUT2D eigenvalue weighted by molar-refractivity contribution is -0.116. The molecule has 0 aromatic heterocycles. The van der Waals surface area contributed by atoms with Crippen LogP contribution in [0.4, 0.5) is 0 Å². The lowest BCUT2D eigenvalue weighted by Gasteiger charge is -1.84. The summed E-state index contributed by atoms with van der Waals surface area (Å²) in [6.45, 7) is 0. The number of carbonyl (C=O) groups is 1. The van der Waals surface area contributed by atoms with Crippen molar-refractivity contribution in [2.75, 3.05) is 7.05 Å². The van der Waals surface area contributed by atoms with Gasteiger partial charge < -0.3 is 11.1 Å². The number of carbonyl (C=O) groups excluding carboxylic acids is 1. The Kier molecular flexibility index (Phi) is 2.76. The Balaban J connectivity index is 3.37. The molecule has 0 aliphatic heterocycles. The van der Waals surface area contributed by atoms with E-state index in [2.05, 4.69) is 5.32 Å². The number of nitrogens with two attached hydrogens (primary N) is 1. The van der Waals surface area contributed by atoms with Gasteiger partial charge in [-0.25, -0.2) is 0 Å². The van der Waals surface area contributed by atoms with E-state index < -0.39 is 0 Å². The fourth-order valence-electron chi connectivity index (χ4n) is 0.171. The Labute approximate surface area is 42.2 Å². The molecule has 40 valence electrons. The molecule has 0 rings (SSSR count). The molecule has 0 bridgehead atoms. The number of hydrogen-bond acceptors (Lipinski definition) is 2. The topological polar surface area (TPSA) is 55.1 Å². The van der Waals surface area contributed by atoms with Gasteiger partial charge in [0.05, 0.1) is 0 Å². The van der Waals surface area contributed by atoms with Crippen molar-refractivity contribution < 1.29 is 4.79 Å². The van der Waals surface area contributed by atoms with Gasteiger partial charge in [-0.2, -0.15) is 0 Å². The first kappa shape index (κ1) is 6.01. The Morgan fingerprint density at radius 2 is 2.43 bits per heavy atom. The zero-order chi connectivity index (χ0) is 5.70. The molecular formula is C4H8N2O. The number of amides is 1. The molecule has 0 aromatic carbocycles. The van der Waals surface area contributed by atoms with Crippen LogP contribution in [0.1, 0.15) is 0 Å². The summed E-state index contributed by atoms with van der Waals surface area (Å²) in [6.07, 6.45) is 2.44. The smallest absolute Gasteiger partial charge is 0.245 e. The Morgan fingerprint density at radius 1 is 1.86 bits per heavy atom. The predicted octanol–water partition coefficient (Wildman–Crippen LogP) is -0.795. The molecule has 0 aliphatic rings. The third-order valence-electron chi connectivity index (χ3n) is 0.494. The SMILES string of the molecule is CNC(=O)C=CN. The molecule has 7 heavy (non-hydrogen) atoms. The summed E-state index contributed by atoms with van der Waals surface area (Å²) in [5.41, 5.74) is 4.86. The van der Waals surface area contributed by atoms with E-state index in [1.807, 2.05) is 0 Å². The van der Waals surface area contributed by atoms with Gasteiger partial charge in [0.1, 0.15) is 0 Å². The van der Waals surface area contributed by atoms with E-state index in [-0.39, 0.29) is 5.91 Å². The molecule has 0 saturated carbocycles. The molecule has 3 nitrogen and oxygen atoms in total. The first-order chi connectivity index (χ1) is 3.31. The highest BCUT2D eigenvalue weighted by molar-refractivity contribution is 5.86. The molecule has 0 spiro atoms. The summed E-state index contributed by atoms with van der Waals surface area (Å²) < 4.78 is 0. The first-order valence-corrected chi connectivity index (χ1v) is 1.91. The maximum absolute atomic E-state index is 10.1. The number of nitrogens with one attached hydrogen (secondary N) is 1. The first-order valence-electron chi connectivity index (χ1n) is 1.91. The van der Waals surface area contributed by atoms with Gasteiger partial charge in [-0.3, -0.25) is 4.79 Å². The predicted molar refractivity (Wildman–Crippen MR) is 27.4 cm³/mol. The second-order valence-corrected chi connectivity index (χ2v) is 0.973. The molecule has 0 atom stereocenters. The van der Waals surface area contributed by atoms with Gasteiger partial charge in [-0.15, -0.1) is 0 Å². The maximum Gasteiger partial charge on any atom is 0.245 e. The van der Waals surface area contributed by atoms with Crippen molar-refractivity contribution in [2.24, 2.45) is 5.73 Å². The van der Waals surface area contributed by atoms with Crippen LogP contribution in [0, 0.1) is 0 Å². The van der Waals surface area contributed by atoms with Crippen molar-refractivity contribution in [3.63, 3.8) is 0 Å². The van der Waals surface area contributed by atoms with Crippen LogP contribution >= 0.6 is 0 Å². The molecule has 0 unspecified atom stereocenters. The fourth-order valence-corrected chi connectivity index (χ4v) is 0.171. The van der Waals surface area contributed by atoms with Crippen molar-refractivity contribution in [3.8, 4) is 0 Å². The average molecular weight is 100 g/mol. The summed E-state index contributed by atoms with van der Waals surface area (Å²) in [5, 5.41) is 2.36. The summed E-state index contributed by atoms with van der Waals surface area (Å²) in [5.74, 6) is -0.178. The molecule has 0 heterocycles. The van der Waals surface area contributed by atoms with Crippen LogP contribution in [0.25, 0.3) is 0 Å². The van der Waals surface area contributed by atoms with E-state index in [0.717, 1.165) is 0 Å². The maximum atomic E-state index is 10.1. The highest BCUT2D eigenvalue weighted by Gasteiger charge is 1.81. The average Bonchev–Trinajstić information content (AvgIpc) is 1.68. The summed E-state index contributed by atoms with van der Waals surface area (Å²) in [4.78, 5) is 10.1. The van der Waals surface area contributed by atoms with Crippen LogP contribution in [0.3, 0.4) is 0 Å². The van der Waals surface area contributed by atoms with Crippen LogP contribution in [0.2, 0.25) is 0 Å². The van der Waals surface area contributed by atoms with Gasteiger partial charge in [0.25, 0.3) is 0 Å². The minimum Gasteiger partial charge on any atom is -0.404 e. The number of likely N-dealkylation sites (N-methyl/N-ethyl adjacent to an activating group) is 1. The second-order valence-electron chi connectivity index (χ2n) is 0.973. The van der Waals surface area contributed by atoms with Gasteiger partial charge in [-0.1, -0.05) is 0 Å². The van der Waals surface area contributed by atoms with Crippen molar-refractivity contribution in [1.82, 2.24) is 5.32 Å². The Bertz CT molecular complexity index is 87.7. The molecule has 1 amide bonds. The van der Waals surface area contributed by atoms with E-state index in [1.54, 1.807) is 7.05 Å². The van der Waals surface area contributed by atoms with Gasteiger partial charge in [0.15, 0.2) is 0 Å². The standard InChI is InChI=1S/C4H8N2O/c1-6-4(7)2-3-5/h2-3H,5H2,1H3,(H,6,7). The van der Waals surface area contributed by atoms with Crippen molar-refractivity contribution >= 4 is 5.91 Å². The van der Waals surface area contributed by atoms with Gasteiger partial charge >= 0.3 is 0 Å². The van der Waals surface area contributed by atoms with Crippen LogP contribution in [0.15, 0.2) is 12.3 Å². The minimum atomic E-state index is -0.178. The molecule has 0 aliphatic carbocycles. The van der Waals surface area contributed by atoms with Crippen molar-refractivity contribution in [3.05, 3.63) is 12.3 Å². The summed E-state index contributed by atoms with van der Waals surface area (Å²) in [7, 11) is 1.54. The van der Waals surface area contributed by atoms with Gasteiger partial charge in [0, 0.05) is 13.1 Å². The van der Waals surface area contributed by atoms with Crippen molar-refractivity contribution in [2.45, 2.75) is 0 Å². The minimum absolute atomic E-state index is 0.178. The number of rotatable bonds is 1. The Morgan fingerprint density at radius 3 is 2.57 bits per heavy atom. The highest BCUT2D eigenvalue weighted by atomic mass is 16.1. The highest BCUT2D eigenvalue weighted by Crippen LogP contribution is 1.60. The summed E-state index contributed by atoms with van der Waals surface area (Å²) >= 11 is 0.